The van der Waals surface area contributed by atoms with Gasteiger partial charge in [0.05, 0.1) is 0 Å². The predicted octanol–water partition coefficient (Wildman–Crippen LogP) is 2.45. The maximum absolute atomic E-state index is 12.0. The van der Waals surface area contributed by atoms with Gasteiger partial charge in [-0.3, -0.25) is 9.59 Å². The normalized spacial score (nSPS) is 22.4. The first-order valence-corrected chi connectivity index (χ1v) is 7.88. The average Bonchev–Trinajstić information content (AvgIpc) is 2.41. The highest BCUT2D eigenvalue weighted by Crippen LogP contribution is 2.43. The summed E-state index contributed by atoms with van der Waals surface area (Å²) in [4.78, 5) is 23.9. The number of carbonyl (C=O) groups is 2. The summed E-state index contributed by atoms with van der Waals surface area (Å²) in [7, 11) is 0. The largest absolute Gasteiger partial charge is 0.347 e. The first-order chi connectivity index (χ1) is 9.32. The highest BCUT2D eigenvalue weighted by molar-refractivity contribution is 6.37. The fraction of sp³-hybridized carbons (Fsp3) is 0.875. The van der Waals surface area contributed by atoms with Crippen LogP contribution in [0.15, 0.2) is 0 Å². The van der Waals surface area contributed by atoms with E-state index in [2.05, 4.69) is 10.6 Å². The van der Waals surface area contributed by atoms with Crippen molar-refractivity contribution in [2.45, 2.75) is 65.3 Å². The maximum atomic E-state index is 12.0. The van der Waals surface area contributed by atoms with Crippen LogP contribution in [0.4, 0.5) is 0 Å². The summed E-state index contributed by atoms with van der Waals surface area (Å²) in [6.45, 7) is 7.62. The molecular formula is C16H29ClN2O2. The lowest BCUT2D eigenvalue weighted by Gasteiger charge is -2.43. The zero-order valence-electron chi connectivity index (χ0n) is 13.5. The van der Waals surface area contributed by atoms with Gasteiger partial charge in [-0.15, -0.1) is 12.4 Å². The molecule has 122 valence electrons. The number of amides is 1. The van der Waals surface area contributed by atoms with Crippen molar-refractivity contribution in [3.05, 3.63) is 0 Å². The van der Waals surface area contributed by atoms with Crippen molar-refractivity contribution < 1.29 is 9.59 Å². The smallest absolute Gasteiger partial charge is 0.288 e. The van der Waals surface area contributed by atoms with E-state index in [9.17, 15) is 9.59 Å². The second kappa shape index (κ2) is 7.10. The molecule has 1 aliphatic carbocycles. The van der Waals surface area contributed by atoms with Crippen molar-refractivity contribution in [2.24, 2.45) is 10.8 Å². The zero-order valence-corrected chi connectivity index (χ0v) is 14.3. The molecule has 2 fully saturated rings. The Balaban J connectivity index is 0.00000220. The molecule has 2 rings (SSSR count). The summed E-state index contributed by atoms with van der Waals surface area (Å²) in [5.41, 5.74) is -0.0878. The molecule has 5 heteroatoms. The first-order valence-electron chi connectivity index (χ1n) is 7.88. The van der Waals surface area contributed by atoms with Crippen LogP contribution in [-0.2, 0) is 9.59 Å². The van der Waals surface area contributed by atoms with E-state index in [4.69, 9.17) is 0 Å². The molecule has 2 aliphatic rings. The van der Waals surface area contributed by atoms with Crippen LogP contribution in [0.2, 0.25) is 0 Å². The maximum Gasteiger partial charge on any atom is 0.288 e. The van der Waals surface area contributed by atoms with Crippen molar-refractivity contribution in [2.75, 3.05) is 13.1 Å². The molecule has 1 saturated heterocycles. The Morgan fingerprint density at radius 1 is 1.05 bits per heavy atom. The number of rotatable bonds is 2. The van der Waals surface area contributed by atoms with E-state index in [1.165, 1.54) is 25.7 Å². The lowest BCUT2D eigenvalue weighted by Crippen LogP contribution is -2.47. The molecule has 0 unspecified atom stereocenters. The Labute approximate surface area is 134 Å². The summed E-state index contributed by atoms with van der Waals surface area (Å²) >= 11 is 0. The number of halogens is 1. The molecule has 0 radical (unpaired) electrons. The molecule has 0 bridgehead atoms. The van der Waals surface area contributed by atoms with Crippen LogP contribution in [-0.4, -0.2) is 30.8 Å². The quantitative estimate of drug-likeness (QED) is 0.769. The number of hydrogen-bond acceptors (Lipinski definition) is 3. The minimum Gasteiger partial charge on any atom is -0.347 e. The van der Waals surface area contributed by atoms with Gasteiger partial charge in [-0.1, -0.05) is 20.8 Å². The monoisotopic (exact) mass is 316 g/mol. The van der Waals surface area contributed by atoms with E-state index in [0.29, 0.717) is 5.41 Å². The molecule has 4 nitrogen and oxygen atoms in total. The molecule has 21 heavy (non-hydrogen) atoms. The Kier molecular flexibility index (Phi) is 6.23. The van der Waals surface area contributed by atoms with E-state index >= 15 is 0 Å². The Morgan fingerprint density at radius 2 is 1.57 bits per heavy atom. The molecule has 1 spiro atoms. The van der Waals surface area contributed by atoms with Gasteiger partial charge >= 0.3 is 0 Å². The van der Waals surface area contributed by atoms with Gasteiger partial charge in [-0.25, -0.2) is 0 Å². The molecule has 0 aromatic heterocycles. The molecule has 1 heterocycles. The summed E-state index contributed by atoms with van der Waals surface area (Å²) in [6, 6.07) is 0.189. The number of ketones is 1. The van der Waals surface area contributed by atoms with E-state index < -0.39 is 11.3 Å². The summed E-state index contributed by atoms with van der Waals surface area (Å²) < 4.78 is 0. The minimum atomic E-state index is -0.588. The first kappa shape index (κ1) is 18.4. The van der Waals surface area contributed by atoms with Crippen LogP contribution in [0.3, 0.4) is 0 Å². The average molecular weight is 317 g/mol. The van der Waals surface area contributed by atoms with Crippen LogP contribution in [0, 0.1) is 10.8 Å². The van der Waals surface area contributed by atoms with E-state index in [1.54, 1.807) is 20.8 Å². The highest BCUT2D eigenvalue weighted by Gasteiger charge is 2.37. The molecule has 0 atom stereocenters. The Morgan fingerprint density at radius 3 is 2.05 bits per heavy atom. The number of hydrogen-bond donors (Lipinski definition) is 2. The van der Waals surface area contributed by atoms with Crippen LogP contribution < -0.4 is 10.6 Å². The van der Waals surface area contributed by atoms with Gasteiger partial charge in [0.1, 0.15) is 0 Å². The summed E-state index contributed by atoms with van der Waals surface area (Å²) in [5, 5.41) is 6.36. The van der Waals surface area contributed by atoms with E-state index in [-0.39, 0.29) is 24.2 Å². The van der Waals surface area contributed by atoms with Crippen molar-refractivity contribution in [3.8, 4) is 0 Å². The van der Waals surface area contributed by atoms with Crippen molar-refractivity contribution in [3.63, 3.8) is 0 Å². The second-order valence-electron chi connectivity index (χ2n) is 7.58. The molecule has 0 aromatic rings. The zero-order chi connectivity index (χ0) is 14.8. The van der Waals surface area contributed by atoms with E-state index in [0.717, 1.165) is 25.9 Å². The van der Waals surface area contributed by atoms with Gasteiger partial charge in [0, 0.05) is 11.5 Å². The van der Waals surface area contributed by atoms with Gasteiger partial charge in [0.15, 0.2) is 0 Å². The molecule has 1 amide bonds. The van der Waals surface area contributed by atoms with Crippen LogP contribution in [0.25, 0.3) is 0 Å². The molecule has 0 aromatic carbocycles. The van der Waals surface area contributed by atoms with Gasteiger partial charge < -0.3 is 10.6 Å². The topological polar surface area (TPSA) is 58.2 Å². The van der Waals surface area contributed by atoms with Crippen LogP contribution >= 0.6 is 12.4 Å². The SMILES string of the molecule is CC(C)(C)C(=O)C(=O)NC1CCC2(CCNCC2)CC1.Cl. The third-order valence-electron chi connectivity index (χ3n) is 4.93. The molecule has 2 N–H and O–H groups in total. The van der Waals surface area contributed by atoms with Gasteiger partial charge in [-0.05, 0) is 57.0 Å². The summed E-state index contributed by atoms with van der Waals surface area (Å²) in [6.07, 6.45) is 6.92. The second-order valence-corrected chi connectivity index (χ2v) is 7.58. The van der Waals surface area contributed by atoms with Crippen molar-refractivity contribution in [1.82, 2.24) is 10.6 Å². The highest BCUT2D eigenvalue weighted by atomic mass is 35.5. The summed E-state index contributed by atoms with van der Waals surface area (Å²) in [5.74, 6) is -0.705. The number of piperidine rings is 1. The predicted molar refractivity (Wildman–Crippen MR) is 86.6 cm³/mol. The lowest BCUT2D eigenvalue weighted by molar-refractivity contribution is -0.143. The van der Waals surface area contributed by atoms with Crippen molar-refractivity contribution >= 4 is 24.1 Å². The van der Waals surface area contributed by atoms with Gasteiger partial charge in [0.2, 0.25) is 5.78 Å². The number of nitrogens with one attached hydrogen (secondary N) is 2. The molecule has 1 aliphatic heterocycles. The van der Waals surface area contributed by atoms with E-state index in [1.807, 2.05) is 0 Å². The number of Topliss-reactive ketones (excluding diaryl/α,β-unsaturated/α-hetero) is 1. The number of carbonyl (C=O) groups excluding carboxylic acids is 2. The van der Waals surface area contributed by atoms with Crippen LogP contribution in [0.5, 0.6) is 0 Å². The minimum absolute atomic E-state index is 0. The lowest BCUT2D eigenvalue weighted by atomic mass is 9.67. The fourth-order valence-electron chi connectivity index (χ4n) is 3.42. The van der Waals surface area contributed by atoms with Gasteiger partial charge in [0.25, 0.3) is 5.91 Å². The molecular weight excluding hydrogens is 288 g/mol. The Bertz CT molecular complexity index is 374. The van der Waals surface area contributed by atoms with Crippen molar-refractivity contribution in [1.29, 1.82) is 0 Å². The standard InChI is InChI=1S/C16H28N2O2.ClH/c1-15(2,3)13(19)14(20)18-12-4-6-16(7-5-12)8-10-17-11-9-16;/h12,17H,4-11H2,1-3H3,(H,18,20);1H. The third kappa shape index (κ3) is 4.68. The Hall–Kier alpha value is -0.610. The fourth-order valence-corrected chi connectivity index (χ4v) is 3.42. The van der Waals surface area contributed by atoms with Gasteiger partial charge in [-0.2, -0.15) is 0 Å². The van der Waals surface area contributed by atoms with Crippen LogP contribution in [0.1, 0.15) is 59.3 Å². The molecule has 1 saturated carbocycles. The third-order valence-corrected chi connectivity index (χ3v) is 4.93.